The van der Waals surface area contributed by atoms with Crippen LogP contribution in [0.2, 0.25) is 0 Å². The summed E-state index contributed by atoms with van der Waals surface area (Å²) in [6.45, 7) is 8.57. The van der Waals surface area contributed by atoms with Crippen molar-refractivity contribution in [2.24, 2.45) is 0 Å². The quantitative estimate of drug-likeness (QED) is 0.836. The van der Waals surface area contributed by atoms with Gasteiger partial charge in [-0.15, -0.1) is 0 Å². The molecule has 0 saturated heterocycles. The second kappa shape index (κ2) is 8.61. The fourth-order valence-corrected chi connectivity index (χ4v) is 2.53. The van der Waals surface area contributed by atoms with Crippen LogP contribution in [0.1, 0.15) is 61.8 Å². The Morgan fingerprint density at radius 2 is 1.77 bits per heavy atom. The normalized spacial score (nSPS) is 12.3. The molecule has 0 spiro atoms. The topological polar surface area (TPSA) is 71.1 Å². The number of hydrogen-bond donors (Lipinski definition) is 2. The number of rotatable bonds is 6. The van der Waals surface area contributed by atoms with Crippen LogP contribution in [-0.4, -0.2) is 23.3 Å². The Balaban J connectivity index is 1.78. The van der Waals surface area contributed by atoms with Gasteiger partial charge in [0, 0.05) is 24.7 Å². The molecule has 5 heteroatoms. The molecule has 1 aromatic carbocycles. The summed E-state index contributed by atoms with van der Waals surface area (Å²) in [5.74, 6) is -0.289. The Morgan fingerprint density at radius 1 is 1.08 bits per heavy atom. The summed E-state index contributed by atoms with van der Waals surface area (Å²) in [6.07, 6.45) is 1.92. The van der Waals surface area contributed by atoms with E-state index in [2.05, 4.69) is 36.4 Å². The van der Waals surface area contributed by atoms with Crippen molar-refractivity contribution >= 4 is 11.8 Å². The van der Waals surface area contributed by atoms with Crippen molar-refractivity contribution in [3.8, 4) is 0 Å². The zero-order valence-corrected chi connectivity index (χ0v) is 15.9. The predicted octanol–water partition coefficient (Wildman–Crippen LogP) is 3.38. The summed E-state index contributed by atoms with van der Waals surface area (Å²) < 4.78 is 0. The van der Waals surface area contributed by atoms with E-state index >= 15 is 0 Å². The average molecular weight is 353 g/mol. The van der Waals surface area contributed by atoms with E-state index in [0.717, 1.165) is 5.69 Å². The minimum atomic E-state index is -0.170. The molecule has 26 heavy (non-hydrogen) atoms. The van der Waals surface area contributed by atoms with Gasteiger partial charge in [-0.05, 0) is 42.2 Å². The first-order valence-corrected chi connectivity index (χ1v) is 8.86. The number of amides is 2. The van der Waals surface area contributed by atoms with Gasteiger partial charge in [0.25, 0.3) is 5.91 Å². The van der Waals surface area contributed by atoms with Crippen molar-refractivity contribution < 1.29 is 9.59 Å². The van der Waals surface area contributed by atoms with Gasteiger partial charge in [0.05, 0.1) is 11.7 Å². The molecule has 0 fully saturated rings. The third-order valence-corrected chi connectivity index (χ3v) is 4.16. The molecule has 1 heterocycles. The summed E-state index contributed by atoms with van der Waals surface area (Å²) in [5, 5.41) is 5.67. The van der Waals surface area contributed by atoms with Gasteiger partial charge in [0.1, 0.15) is 0 Å². The summed E-state index contributed by atoms with van der Waals surface area (Å²) >= 11 is 0. The van der Waals surface area contributed by atoms with Gasteiger partial charge >= 0.3 is 0 Å². The van der Waals surface area contributed by atoms with E-state index in [9.17, 15) is 9.59 Å². The fourth-order valence-electron chi connectivity index (χ4n) is 2.53. The molecule has 2 N–H and O–H groups in total. The molecule has 0 bridgehead atoms. The monoisotopic (exact) mass is 353 g/mol. The lowest BCUT2D eigenvalue weighted by Gasteiger charge is -2.19. The van der Waals surface area contributed by atoms with Crippen LogP contribution in [0.15, 0.2) is 48.7 Å². The van der Waals surface area contributed by atoms with Crippen molar-refractivity contribution in [1.82, 2.24) is 15.6 Å². The van der Waals surface area contributed by atoms with Crippen molar-refractivity contribution in [3.05, 3.63) is 65.5 Å². The van der Waals surface area contributed by atoms with E-state index in [-0.39, 0.29) is 29.7 Å². The summed E-state index contributed by atoms with van der Waals surface area (Å²) in [5.41, 5.74) is 2.64. The molecule has 0 aliphatic carbocycles. The maximum absolute atomic E-state index is 12.2. The van der Waals surface area contributed by atoms with Crippen LogP contribution in [-0.2, 0) is 10.2 Å². The first kappa shape index (κ1) is 19.6. The van der Waals surface area contributed by atoms with Gasteiger partial charge in [0.15, 0.2) is 0 Å². The second-order valence-corrected chi connectivity index (χ2v) is 7.38. The Labute approximate surface area is 155 Å². The Kier molecular flexibility index (Phi) is 6.50. The maximum Gasteiger partial charge on any atom is 0.251 e. The number of benzene rings is 1. The minimum Gasteiger partial charge on any atom is -0.352 e. The molecule has 0 aliphatic rings. The number of carbonyl (C=O) groups is 2. The van der Waals surface area contributed by atoms with Gasteiger partial charge in [-0.3, -0.25) is 14.6 Å². The summed E-state index contributed by atoms with van der Waals surface area (Å²) in [4.78, 5) is 28.4. The number of nitrogens with one attached hydrogen (secondary N) is 2. The standard InChI is InChI=1S/C21H27N3O2/c1-15(18-7-5-6-13-22-18)24-19(25)12-14-23-20(26)16-8-10-17(11-9-16)21(2,3)4/h5-11,13,15H,12,14H2,1-4H3,(H,23,26)(H,24,25). The predicted molar refractivity (Wildman–Crippen MR) is 103 cm³/mol. The zero-order chi connectivity index (χ0) is 19.2. The Hall–Kier alpha value is -2.69. The second-order valence-electron chi connectivity index (χ2n) is 7.38. The largest absolute Gasteiger partial charge is 0.352 e. The average Bonchev–Trinajstić information content (AvgIpc) is 2.61. The molecule has 5 nitrogen and oxygen atoms in total. The van der Waals surface area contributed by atoms with Crippen molar-refractivity contribution in [3.63, 3.8) is 0 Å². The molecule has 138 valence electrons. The SMILES string of the molecule is CC(NC(=O)CCNC(=O)c1ccc(C(C)(C)C)cc1)c1ccccn1. The van der Waals surface area contributed by atoms with Crippen LogP contribution in [0.3, 0.4) is 0 Å². The molecule has 0 radical (unpaired) electrons. The van der Waals surface area contributed by atoms with E-state index in [0.29, 0.717) is 12.1 Å². The lowest BCUT2D eigenvalue weighted by Crippen LogP contribution is -2.32. The zero-order valence-electron chi connectivity index (χ0n) is 15.9. The molecule has 1 unspecified atom stereocenters. The lowest BCUT2D eigenvalue weighted by molar-refractivity contribution is -0.121. The van der Waals surface area contributed by atoms with Crippen molar-refractivity contribution in [2.45, 2.75) is 45.6 Å². The molecular weight excluding hydrogens is 326 g/mol. The van der Waals surface area contributed by atoms with Gasteiger partial charge in [-0.25, -0.2) is 0 Å². The van der Waals surface area contributed by atoms with Crippen LogP contribution in [0, 0.1) is 0 Å². The number of nitrogens with zero attached hydrogens (tertiary/aromatic N) is 1. The molecule has 2 rings (SSSR count). The van der Waals surface area contributed by atoms with Crippen LogP contribution in [0.4, 0.5) is 0 Å². The van der Waals surface area contributed by atoms with Gasteiger partial charge in [-0.1, -0.05) is 39.0 Å². The molecule has 2 amide bonds. The van der Waals surface area contributed by atoms with Gasteiger partial charge < -0.3 is 10.6 Å². The van der Waals surface area contributed by atoms with Crippen molar-refractivity contribution in [2.75, 3.05) is 6.54 Å². The molecular formula is C21H27N3O2. The van der Waals surface area contributed by atoms with Crippen LogP contribution >= 0.6 is 0 Å². The molecule has 1 aromatic heterocycles. The van der Waals surface area contributed by atoms with Crippen LogP contribution < -0.4 is 10.6 Å². The fraction of sp³-hybridized carbons (Fsp3) is 0.381. The van der Waals surface area contributed by atoms with Gasteiger partial charge in [-0.2, -0.15) is 0 Å². The van der Waals surface area contributed by atoms with E-state index in [4.69, 9.17) is 0 Å². The third kappa shape index (κ3) is 5.69. The van der Waals surface area contributed by atoms with Crippen molar-refractivity contribution in [1.29, 1.82) is 0 Å². The lowest BCUT2D eigenvalue weighted by atomic mass is 9.87. The van der Waals surface area contributed by atoms with E-state index in [1.807, 2.05) is 49.4 Å². The smallest absolute Gasteiger partial charge is 0.251 e. The number of carbonyl (C=O) groups excluding carboxylic acids is 2. The first-order valence-electron chi connectivity index (χ1n) is 8.86. The summed E-state index contributed by atoms with van der Waals surface area (Å²) in [6, 6.07) is 13.0. The summed E-state index contributed by atoms with van der Waals surface area (Å²) in [7, 11) is 0. The number of pyridine rings is 1. The highest BCUT2D eigenvalue weighted by Crippen LogP contribution is 2.22. The highest BCUT2D eigenvalue weighted by atomic mass is 16.2. The van der Waals surface area contributed by atoms with Crippen LogP contribution in [0.25, 0.3) is 0 Å². The third-order valence-electron chi connectivity index (χ3n) is 4.16. The minimum absolute atomic E-state index is 0.0530. The van der Waals surface area contributed by atoms with Crippen LogP contribution in [0.5, 0.6) is 0 Å². The number of aromatic nitrogens is 1. The highest BCUT2D eigenvalue weighted by molar-refractivity contribution is 5.94. The Morgan fingerprint density at radius 3 is 2.35 bits per heavy atom. The molecule has 0 saturated carbocycles. The molecule has 1 atom stereocenters. The molecule has 0 aliphatic heterocycles. The van der Waals surface area contributed by atoms with E-state index < -0.39 is 0 Å². The van der Waals surface area contributed by atoms with E-state index in [1.165, 1.54) is 5.56 Å². The first-order chi connectivity index (χ1) is 12.3. The maximum atomic E-state index is 12.2. The highest BCUT2D eigenvalue weighted by Gasteiger charge is 2.15. The van der Waals surface area contributed by atoms with Gasteiger partial charge in [0.2, 0.25) is 5.91 Å². The molecule has 2 aromatic rings. The Bertz CT molecular complexity index is 734. The van der Waals surface area contributed by atoms with E-state index in [1.54, 1.807) is 6.20 Å². The number of hydrogen-bond acceptors (Lipinski definition) is 3.